The Morgan fingerprint density at radius 1 is 1.17 bits per heavy atom. The predicted octanol–water partition coefficient (Wildman–Crippen LogP) is 3.17. The van der Waals surface area contributed by atoms with Crippen LogP contribution >= 0.6 is 12.2 Å². The van der Waals surface area contributed by atoms with Gasteiger partial charge in [0.25, 0.3) is 5.91 Å². The fourth-order valence-corrected chi connectivity index (χ4v) is 2.14. The van der Waals surface area contributed by atoms with Crippen molar-refractivity contribution in [2.75, 3.05) is 11.9 Å². The van der Waals surface area contributed by atoms with Crippen molar-refractivity contribution in [3.63, 3.8) is 0 Å². The van der Waals surface area contributed by atoms with E-state index >= 15 is 0 Å². The van der Waals surface area contributed by atoms with Gasteiger partial charge in [0.1, 0.15) is 12.1 Å². The van der Waals surface area contributed by atoms with Gasteiger partial charge >= 0.3 is 0 Å². The summed E-state index contributed by atoms with van der Waals surface area (Å²) >= 11 is 5.13. The summed E-state index contributed by atoms with van der Waals surface area (Å²) in [5.74, 6) is 0.456. The van der Waals surface area contributed by atoms with Gasteiger partial charge < -0.3 is 10.1 Å². The summed E-state index contributed by atoms with van der Waals surface area (Å²) in [4.78, 5) is 19.5. The van der Waals surface area contributed by atoms with Gasteiger partial charge in [0.2, 0.25) is 0 Å². The molecule has 24 heavy (non-hydrogen) atoms. The standard InChI is InChI=1S/C17H20N4O2S/c1-2-3-4-9-23-15-7-5-14(6-8-15)20-17(24)21-16(22)13-10-18-12-19-11-13/h5-8,10-12H,2-4,9H2,1H3,(H2,20,21,22,24). The molecule has 0 atom stereocenters. The second-order valence-corrected chi connectivity index (χ2v) is 5.52. The zero-order chi connectivity index (χ0) is 17.2. The Balaban J connectivity index is 1.80. The van der Waals surface area contributed by atoms with Crippen LogP contribution in [0.1, 0.15) is 36.5 Å². The number of ether oxygens (including phenoxy) is 1. The van der Waals surface area contributed by atoms with Crippen LogP contribution in [0.2, 0.25) is 0 Å². The van der Waals surface area contributed by atoms with Gasteiger partial charge in [-0.25, -0.2) is 9.97 Å². The van der Waals surface area contributed by atoms with Crippen LogP contribution in [-0.4, -0.2) is 27.6 Å². The van der Waals surface area contributed by atoms with Crippen molar-refractivity contribution in [1.82, 2.24) is 15.3 Å². The number of unbranched alkanes of at least 4 members (excludes halogenated alkanes) is 2. The Kier molecular flexibility index (Phi) is 7.10. The molecule has 126 valence electrons. The molecule has 0 fully saturated rings. The molecule has 0 radical (unpaired) electrons. The van der Waals surface area contributed by atoms with E-state index < -0.39 is 0 Å². The van der Waals surface area contributed by atoms with Gasteiger partial charge in [-0.3, -0.25) is 10.1 Å². The molecule has 0 aliphatic rings. The van der Waals surface area contributed by atoms with E-state index in [1.165, 1.54) is 31.6 Å². The molecule has 1 aromatic carbocycles. The molecule has 2 aromatic rings. The minimum absolute atomic E-state index is 0.209. The number of thiocarbonyl (C=S) groups is 1. The van der Waals surface area contributed by atoms with Crippen LogP contribution in [0.3, 0.4) is 0 Å². The van der Waals surface area contributed by atoms with E-state index in [1.807, 2.05) is 24.3 Å². The molecule has 0 spiro atoms. The van der Waals surface area contributed by atoms with Gasteiger partial charge in [0.15, 0.2) is 5.11 Å². The number of amides is 1. The highest BCUT2D eigenvalue weighted by atomic mass is 32.1. The minimum Gasteiger partial charge on any atom is -0.494 e. The van der Waals surface area contributed by atoms with Crippen molar-refractivity contribution >= 4 is 28.9 Å². The first-order valence-electron chi connectivity index (χ1n) is 7.79. The lowest BCUT2D eigenvalue weighted by atomic mass is 10.2. The first-order chi connectivity index (χ1) is 11.7. The minimum atomic E-state index is -0.357. The Bertz CT molecular complexity index is 662. The number of anilines is 1. The Labute approximate surface area is 146 Å². The molecule has 2 N–H and O–H groups in total. The number of rotatable bonds is 7. The number of benzene rings is 1. The second kappa shape index (κ2) is 9.57. The molecule has 0 aliphatic heterocycles. The average molecular weight is 344 g/mol. The molecule has 1 heterocycles. The van der Waals surface area contributed by atoms with Crippen molar-refractivity contribution in [3.05, 3.63) is 48.5 Å². The molecule has 2 rings (SSSR count). The van der Waals surface area contributed by atoms with Gasteiger partial charge in [0.05, 0.1) is 12.2 Å². The third kappa shape index (κ3) is 5.92. The summed E-state index contributed by atoms with van der Waals surface area (Å²) < 4.78 is 5.65. The first-order valence-corrected chi connectivity index (χ1v) is 8.20. The Morgan fingerprint density at radius 2 is 1.88 bits per heavy atom. The van der Waals surface area contributed by atoms with Crippen LogP contribution in [0.25, 0.3) is 0 Å². The summed E-state index contributed by atoms with van der Waals surface area (Å²) in [5, 5.41) is 5.74. The molecular weight excluding hydrogens is 324 g/mol. The molecule has 1 amide bonds. The van der Waals surface area contributed by atoms with E-state index in [2.05, 4.69) is 27.5 Å². The number of nitrogens with zero attached hydrogens (tertiary/aromatic N) is 2. The predicted molar refractivity (Wildman–Crippen MR) is 97.2 cm³/mol. The summed E-state index contributed by atoms with van der Waals surface area (Å²) in [7, 11) is 0. The Hall–Kier alpha value is -2.54. The molecule has 7 heteroatoms. The van der Waals surface area contributed by atoms with E-state index in [4.69, 9.17) is 17.0 Å². The van der Waals surface area contributed by atoms with Crippen molar-refractivity contribution < 1.29 is 9.53 Å². The SMILES string of the molecule is CCCCCOc1ccc(NC(=S)NC(=O)c2cncnc2)cc1. The van der Waals surface area contributed by atoms with E-state index in [1.54, 1.807) is 0 Å². The van der Waals surface area contributed by atoms with E-state index in [-0.39, 0.29) is 11.0 Å². The van der Waals surface area contributed by atoms with Crippen LogP contribution in [0.15, 0.2) is 43.0 Å². The maximum atomic E-state index is 11.9. The smallest absolute Gasteiger partial charge is 0.260 e. The average Bonchev–Trinajstić information content (AvgIpc) is 2.61. The van der Waals surface area contributed by atoms with Crippen molar-refractivity contribution in [1.29, 1.82) is 0 Å². The third-order valence-corrected chi connectivity index (χ3v) is 3.38. The maximum absolute atomic E-state index is 11.9. The quantitative estimate of drug-likeness (QED) is 0.593. The van der Waals surface area contributed by atoms with Gasteiger partial charge in [-0.1, -0.05) is 19.8 Å². The monoisotopic (exact) mass is 344 g/mol. The van der Waals surface area contributed by atoms with Gasteiger partial charge in [-0.2, -0.15) is 0 Å². The fraction of sp³-hybridized carbons (Fsp3) is 0.294. The van der Waals surface area contributed by atoms with Crippen molar-refractivity contribution in [2.24, 2.45) is 0 Å². The highest BCUT2D eigenvalue weighted by molar-refractivity contribution is 7.80. The normalized spacial score (nSPS) is 10.0. The fourth-order valence-electron chi connectivity index (χ4n) is 1.93. The van der Waals surface area contributed by atoms with Gasteiger partial charge in [0, 0.05) is 18.1 Å². The molecule has 6 nitrogen and oxygen atoms in total. The van der Waals surface area contributed by atoms with Crippen LogP contribution in [0.4, 0.5) is 5.69 Å². The molecule has 0 unspecified atom stereocenters. The van der Waals surface area contributed by atoms with Crippen LogP contribution in [0, 0.1) is 0 Å². The number of nitrogens with one attached hydrogen (secondary N) is 2. The van der Waals surface area contributed by atoms with Crippen molar-refractivity contribution in [3.8, 4) is 5.75 Å². The van der Waals surface area contributed by atoms with Crippen LogP contribution in [0.5, 0.6) is 5.75 Å². The van der Waals surface area contributed by atoms with Crippen LogP contribution < -0.4 is 15.4 Å². The summed E-state index contributed by atoms with van der Waals surface area (Å²) in [5.41, 5.74) is 1.11. The number of carbonyl (C=O) groups is 1. The highest BCUT2D eigenvalue weighted by Crippen LogP contribution is 2.16. The van der Waals surface area contributed by atoms with Gasteiger partial charge in [-0.15, -0.1) is 0 Å². The summed E-state index contributed by atoms with van der Waals surface area (Å²) in [6.45, 7) is 2.88. The molecule has 0 saturated carbocycles. The molecular formula is C17H20N4O2S. The number of carbonyl (C=O) groups excluding carboxylic acids is 1. The molecule has 0 bridgehead atoms. The van der Waals surface area contributed by atoms with E-state index in [0.717, 1.165) is 17.9 Å². The summed E-state index contributed by atoms with van der Waals surface area (Å²) in [6, 6.07) is 7.42. The maximum Gasteiger partial charge on any atom is 0.260 e. The van der Waals surface area contributed by atoms with Crippen molar-refractivity contribution in [2.45, 2.75) is 26.2 Å². The summed E-state index contributed by atoms with van der Waals surface area (Å²) in [6.07, 6.45) is 7.60. The number of aromatic nitrogens is 2. The van der Waals surface area contributed by atoms with Crippen LogP contribution in [-0.2, 0) is 0 Å². The molecule has 0 aliphatic carbocycles. The topological polar surface area (TPSA) is 76.1 Å². The third-order valence-electron chi connectivity index (χ3n) is 3.18. The largest absolute Gasteiger partial charge is 0.494 e. The lowest BCUT2D eigenvalue weighted by Gasteiger charge is -2.10. The lowest BCUT2D eigenvalue weighted by molar-refractivity contribution is 0.0977. The first kappa shape index (κ1) is 17.8. The molecule has 0 saturated heterocycles. The van der Waals surface area contributed by atoms with Gasteiger partial charge in [-0.05, 0) is 42.9 Å². The number of hydrogen-bond donors (Lipinski definition) is 2. The second-order valence-electron chi connectivity index (χ2n) is 5.12. The van der Waals surface area contributed by atoms with E-state index in [9.17, 15) is 4.79 Å². The lowest BCUT2D eigenvalue weighted by Crippen LogP contribution is -2.34. The molecule has 1 aromatic heterocycles. The zero-order valence-electron chi connectivity index (χ0n) is 13.5. The number of hydrogen-bond acceptors (Lipinski definition) is 5. The van der Waals surface area contributed by atoms with E-state index in [0.29, 0.717) is 12.2 Å². The zero-order valence-corrected chi connectivity index (χ0v) is 14.3. The Morgan fingerprint density at radius 3 is 2.54 bits per heavy atom. The highest BCUT2D eigenvalue weighted by Gasteiger charge is 2.08.